The van der Waals surface area contributed by atoms with Crippen molar-refractivity contribution in [1.29, 1.82) is 0 Å². The van der Waals surface area contributed by atoms with E-state index in [0.29, 0.717) is 46.2 Å². The molecule has 23 heavy (non-hydrogen) atoms. The van der Waals surface area contributed by atoms with Gasteiger partial charge in [-0.2, -0.15) is 0 Å². The summed E-state index contributed by atoms with van der Waals surface area (Å²) < 4.78 is 15.8. The summed E-state index contributed by atoms with van der Waals surface area (Å²) >= 11 is 0. The molecule has 0 saturated carbocycles. The third-order valence-corrected chi connectivity index (χ3v) is 3.37. The normalized spacial score (nSPS) is 16.4. The molecule has 1 aromatic rings. The van der Waals surface area contributed by atoms with E-state index in [-0.39, 0.29) is 18.7 Å². The van der Waals surface area contributed by atoms with Gasteiger partial charge in [-0.1, -0.05) is 18.2 Å². The van der Waals surface area contributed by atoms with Gasteiger partial charge in [0.15, 0.2) is 0 Å². The Hall–Kier alpha value is -1.51. The number of aliphatic hydroxyl groups is 1. The van der Waals surface area contributed by atoms with Crippen molar-refractivity contribution in [3.63, 3.8) is 0 Å². The number of nitrogens with one attached hydrogen (secondary N) is 2. The summed E-state index contributed by atoms with van der Waals surface area (Å²) in [6, 6.07) is 7.55. The number of rotatable bonds is 12. The molecule has 0 bridgehead atoms. The number of benzene rings is 1. The summed E-state index contributed by atoms with van der Waals surface area (Å²) in [7, 11) is 0. The molecule has 0 radical (unpaired) electrons. The van der Waals surface area contributed by atoms with Crippen LogP contribution in [0.15, 0.2) is 24.3 Å². The van der Waals surface area contributed by atoms with Crippen LogP contribution in [0.5, 0.6) is 0 Å². The number of carbonyl (C=O) groups excluding carboxylic acids is 1. The number of amides is 1. The molecule has 7 heteroatoms. The van der Waals surface area contributed by atoms with Crippen molar-refractivity contribution in [3.05, 3.63) is 35.4 Å². The van der Waals surface area contributed by atoms with E-state index in [1.807, 2.05) is 24.3 Å². The first kappa shape index (κ1) is 17.8. The van der Waals surface area contributed by atoms with Crippen LogP contribution in [-0.2, 0) is 14.2 Å². The van der Waals surface area contributed by atoms with Crippen LogP contribution < -0.4 is 10.6 Å². The molecule has 0 spiro atoms. The summed E-state index contributed by atoms with van der Waals surface area (Å²) in [4.78, 5) is 11.8. The van der Waals surface area contributed by atoms with Crippen molar-refractivity contribution in [2.45, 2.75) is 6.17 Å². The minimum Gasteiger partial charge on any atom is -0.394 e. The molecule has 7 nitrogen and oxygen atoms in total. The van der Waals surface area contributed by atoms with Gasteiger partial charge in [-0.15, -0.1) is 0 Å². The van der Waals surface area contributed by atoms with Crippen LogP contribution in [0.1, 0.15) is 22.1 Å². The highest BCUT2D eigenvalue weighted by atomic mass is 16.5. The molecule has 1 heterocycles. The summed E-state index contributed by atoms with van der Waals surface area (Å²) in [5, 5.41) is 14.7. The Labute approximate surface area is 135 Å². The number of fused-ring (bicyclic) bond motifs is 1. The van der Waals surface area contributed by atoms with Crippen LogP contribution in [0.3, 0.4) is 0 Å². The van der Waals surface area contributed by atoms with Gasteiger partial charge in [-0.3, -0.25) is 10.1 Å². The molecule has 2 rings (SSSR count). The lowest BCUT2D eigenvalue weighted by Crippen LogP contribution is -2.33. The lowest BCUT2D eigenvalue weighted by molar-refractivity contribution is 0.00794. The number of hydrogen-bond donors (Lipinski definition) is 3. The lowest BCUT2D eigenvalue weighted by atomic mass is 10.1. The van der Waals surface area contributed by atoms with E-state index in [2.05, 4.69) is 10.6 Å². The third-order valence-electron chi connectivity index (χ3n) is 3.37. The second-order valence-electron chi connectivity index (χ2n) is 5.01. The van der Waals surface area contributed by atoms with Gasteiger partial charge < -0.3 is 24.6 Å². The molecule has 1 unspecified atom stereocenters. The third kappa shape index (κ3) is 5.89. The molecular formula is C16H24N2O5. The Morgan fingerprint density at radius 1 is 1.00 bits per heavy atom. The fourth-order valence-electron chi connectivity index (χ4n) is 2.28. The Kier molecular flexibility index (Phi) is 7.99. The van der Waals surface area contributed by atoms with Crippen molar-refractivity contribution in [3.8, 4) is 0 Å². The van der Waals surface area contributed by atoms with Crippen LogP contribution in [0.2, 0.25) is 0 Å². The number of carbonyl (C=O) groups is 1. The molecule has 0 fully saturated rings. The molecule has 1 aromatic carbocycles. The Balaban J connectivity index is 1.48. The van der Waals surface area contributed by atoms with E-state index < -0.39 is 0 Å². The van der Waals surface area contributed by atoms with Crippen LogP contribution in [0.25, 0.3) is 0 Å². The average molecular weight is 324 g/mol. The maximum Gasteiger partial charge on any atom is 0.253 e. The maximum atomic E-state index is 11.8. The molecule has 1 aliphatic heterocycles. The topological polar surface area (TPSA) is 89.1 Å². The van der Waals surface area contributed by atoms with Gasteiger partial charge in [-0.05, 0) is 6.07 Å². The highest BCUT2D eigenvalue weighted by molar-refractivity contribution is 5.98. The second kappa shape index (κ2) is 10.3. The molecule has 1 amide bonds. The highest BCUT2D eigenvalue weighted by Crippen LogP contribution is 2.22. The molecule has 1 aliphatic rings. The molecular weight excluding hydrogens is 300 g/mol. The quantitative estimate of drug-likeness (QED) is 0.471. The number of hydrogen-bond acceptors (Lipinski definition) is 6. The fraction of sp³-hybridized carbons (Fsp3) is 0.562. The summed E-state index contributed by atoms with van der Waals surface area (Å²) in [5.74, 6) is -0.0455. The predicted molar refractivity (Wildman–Crippen MR) is 84.2 cm³/mol. The highest BCUT2D eigenvalue weighted by Gasteiger charge is 2.26. The van der Waals surface area contributed by atoms with Gasteiger partial charge in [0.2, 0.25) is 0 Å². The van der Waals surface area contributed by atoms with Gasteiger partial charge in [0, 0.05) is 17.7 Å². The minimum atomic E-state index is -0.151. The monoisotopic (exact) mass is 324 g/mol. The Bertz CT molecular complexity index is 483. The number of aliphatic hydroxyl groups excluding tert-OH is 1. The lowest BCUT2D eigenvalue weighted by Gasteiger charge is -2.14. The average Bonchev–Trinajstić information content (AvgIpc) is 2.89. The van der Waals surface area contributed by atoms with Gasteiger partial charge in [-0.25, -0.2) is 0 Å². The second-order valence-corrected chi connectivity index (χ2v) is 5.01. The Morgan fingerprint density at radius 3 is 2.39 bits per heavy atom. The van der Waals surface area contributed by atoms with Crippen molar-refractivity contribution in [2.24, 2.45) is 0 Å². The van der Waals surface area contributed by atoms with Gasteiger partial charge in [0.05, 0.1) is 46.2 Å². The van der Waals surface area contributed by atoms with Crippen LogP contribution in [-0.4, -0.2) is 63.8 Å². The SMILES string of the molecule is O=C1NC(NCCOCCOCCOCCO)c2ccccc21. The molecule has 3 N–H and O–H groups in total. The Morgan fingerprint density at radius 2 is 1.65 bits per heavy atom. The van der Waals surface area contributed by atoms with Crippen molar-refractivity contribution in [1.82, 2.24) is 10.6 Å². The van der Waals surface area contributed by atoms with Crippen LogP contribution in [0.4, 0.5) is 0 Å². The van der Waals surface area contributed by atoms with Crippen molar-refractivity contribution in [2.75, 3.05) is 52.8 Å². The predicted octanol–water partition coefficient (Wildman–Crippen LogP) is 0.0603. The summed E-state index contributed by atoms with van der Waals surface area (Å²) in [6.45, 7) is 3.53. The van der Waals surface area contributed by atoms with Crippen molar-refractivity contribution < 1.29 is 24.1 Å². The van der Waals surface area contributed by atoms with Crippen molar-refractivity contribution >= 4 is 5.91 Å². The molecule has 0 aliphatic carbocycles. The zero-order valence-corrected chi connectivity index (χ0v) is 13.1. The molecule has 128 valence electrons. The van der Waals surface area contributed by atoms with E-state index in [9.17, 15) is 4.79 Å². The minimum absolute atomic E-state index is 0.0298. The molecule has 1 atom stereocenters. The zero-order valence-electron chi connectivity index (χ0n) is 13.1. The van der Waals surface area contributed by atoms with Crippen LogP contribution in [0, 0.1) is 0 Å². The maximum absolute atomic E-state index is 11.8. The first-order chi connectivity index (χ1) is 11.3. The van der Waals surface area contributed by atoms with E-state index in [1.165, 1.54) is 0 Å². The zero-order chi connectivity index (χ0) is 16.3. The summed E-state index contributed by atoms with van der Waals surface area (Å²) in [5.41, 5.74) is 1.70. The molecule has 0 saturated heterocycles. The van der Waals surface area contributed by atoms with Gasteiger partial charge in [0.25, 0.3) is 5.91 Å². The van der Waals surface area contributed by atoms with E-state index in [1.54, 1.807) is 0 Å². The van der Waals surface area contributed by atoms with Gasteiger partial charge in [0.1, 0.15) is 6.17 Å². The first-order valence-electron chi connectivity index (χ1n) is 7.80. The van der Waals surface area contributed by atoms with E-state index >= 15 is 0 Å². The first-order valence-corrected chi connectivity index (χ1v) is 7.80. The van der Waals surface area contributed by atoms with Crippen LogP contribution >= 0.6 is 0 Å². The fourth-order valence-corrected chi connectivity index (χ4v) is 2.28. The van der Waals surface area contributed by atoms with E-state index in [0.717, 1.165) is 11.1 Å². The standard InChI is InChI=1S/C16H24N2O5/c19-6-8-22-10-12-23-11-9-21-7-5-17-15-13-3-1-2-4-14(13)16(20)18-15/h1-4,15,17,19H,5-12H2,(H,18,20). The van der Waals surface area contributed by atoms with Gasteiger partial charge >= 0.3 is 0 Å². The number of ether oxygens (including phenoxy) is 3. The largest absolute Gasteiger partial charge is 0.394 e. The smallest absolute Gasteiger partial charge is 0.253 e. The van der Waals surface area contributed by atoms with E-state index in [4.69, 9.17) is 19.3 Å². The summed E-state index contributed by atoms with van der Waals surface area (Å²) in [6.07, 6.45) is -0.151. The molecule has 0 aromatic heterocycles.